The molecule has 0 spiro atoms. The van der Waals surface area contributed by atoms with Gasteiger partial charge in [0.15, 0.2) is 5.82 Å². The molecule has 14 heteroatoms. The monoisotopic (exact) mass is 608 g/mol. The smallest absolute Gasteiger partial charge is 0.345 e. The first-order chi connectivity index (χ1) is 16.1. The van der Waals surface area contributed by atoms with E-state index in [4.69, 9.17) is 23.2 Å². The topological polar surface area (TPSA) is 58.2 Å². The maximum atomic E-state index is 13.6. The van der Waals surface area contributed by atoms with Crippen molar-refractivity contribution in [3.8, 4) is 0 Å². The third-order valence-corrected chi connectivity index (χ3v) is 5.54. The van der Waals surface area contributed by atoms with E-state index in [-0.39, 0.29) is 21.2 Å². The number of hydrogen-bond acceptors (Lipinski definition) is 2. The number of allylic oxidation sites excluding steroid dienone is 1. The van der Waals surface area contributed by atoms with Gasteiger partial charge in [-0.15, -0.1) is 0 Å². The number of rotatable bonds is 7. The number of carbonyl (C=O) groups is 2. The van der Waals surface area contributed by atoms with Crippen LogP contribution >= 0.6 is 39.1 Å². The molecule has 2 aromatic carbocycles. The highest BCUT2D eigenvalue weighted by Gasteiger charge is 2.39. The van der Waals surface area contributed by atoms with Gasteiger partial charge in [-0.1, -0.05) is 41.4 Å². The molecule has 35 heavy (non-hydrogen) atoms. The third kappa shape index (κ3) is 8.69. The van der Waals surface area contributed by atoms with Crippen molar-refractivity contribution in [3.63, 3.8) is 0 Å². The fraction of sp³-hybridized carbons (Fsp3) is 0.238. The van der Waals surface area contributed by atoms with Crippen molar-refractivity contribution in [1.29, 1.82) is 0 Å². The predicted octanol–water partition coefficient (Wildman–Crippen LogP) is 6.66. The summed E-state index contributed by atoms with van der Waals surface area (Å²) in [5, 5.41) is 2.58. The lowest BCUT2D eigenvalue weighted by atomic mass is 9.97. The highest BCUT2D eigenvalue weighted by Crippen LogP contribution is 2.39. The van der Waals surface area contributed by atoms with Gasteiger partial charge in [0, 0.05) is 4.47 Å². The fourth-order valence-corrected chi connectivity index (χ4v) is 3.79. The summed E-state index contributed by atoms with van der Waals surface area (Å²) in [5.41, 5.74) is -0.163. The summed E-state index contributed by atoms with van der Waals surface area (Å²) in [6.45, 7) is -2.28. The van der Waals surface area contributed by atoms with Crippen LogP contribution in [-0.2, 0) is 4.79 Å². The van der Waals surface area contributed by atoms with Gasteiger partial charge >= 0.3 is 12.4 Å². The molecule has 0 radical (unpaired) electrons. The Morgan fingerprint density at radius 2 is 1.60 bits per heavy atom. The lowest BCUT2D eigenvalue weighted by molar-refractivity contribution is -0.139. The molecule has 4 nitrogen and oxygen atoms in total. The number of benzene rings is 2. The van der Waals surface area contributed by atoms with Crippen LogP contribution in [0.15, 0.2) is 40.9 Å². The Labute approximate surface area is 212 Å². The molecule has 2 rings (SSSR count). The molecule has 0 aromatic heterocycles. The van der Waals surface area contributed by atoms with Crippen LogP contribution < -0.4 is 10.6 Å². The van der Waals surface area contributed by atoms with Gasteiger partial charge in [-0.05, 0) is 51.3 Å². The van der Waals surface area contributed by atoms with Crippen molar-refractivity contribution in [2.45, 2.75) is 18.3 Å². The molecular weight excluding hydrogens is 596 g/mol. The maximum Gasteiger partial charge on any atom is 0.405 e. The molecule has 0 aliphatic heterocycles. The van der Waals surface area contributed by atoms with Crippen LogP contribution in [0.2, 0.25) is 10.0 Å². The van der Waals surface area contributed by atoms with Crippen LogP contribution in [0.4, 0.5) is 30.7 Å². The summed E-state index contributed by atoms with van der Waals surface area (Å²) >= 11 is 14.3. The van der Waals surface area contributed by atoms with E-state index >= 15 is 0 Å². The minimum atomic E-state index is -4.76. The predicted molar refractivity (Wildman–Crippen MR) is 120 cm³/mol. The van der Waals surface area contributed by atoms with E-state index in [0.717, 1.165) is 24.3 Å². The minimum absolute atomic E-state index is 0.0183. The molecule has 2 aromatic rings. The van der Waals surface area contributed by atoms with E-state index in [2.05, 4.69) is 21.2 Å². The number of halogens is 10. The van der Waals surface area contributed by atoms with E-state index in [1.165, 1.54) is 18.2 Å². The van der Waals surface area contributed by atoms with Crippen molar-refractivity contribution in [1.82, 2.24) is 10.6 Å². The average Bonchev–Trinajstić information content (AvgIpc) is 2.73. The molecular formula is C21H14BrCl2F7N2O2. The summed E-state index contributed by atoms with van der Waals surface area (Å²) in [5.74, 6) is -5.09. The normalized spacial score (nSPS) is 13.1. The zero-order chi connectivity index (χ0) is 26.6. The zero-order valence-corrected chi connectivity index (χ0v) is 20.2. The Balaban J connectivity index is 2.15. The summed E-state index contributed by atoms with van der Waals surface area (Å²) < 4.78 is 90.8. The first-order valence-corrected chi connectivity index (χ1v) is 10.9. The summed E-state index contributed by atoms with van der Waals surface area (Å²) in [4.78, 5) is 23.6. The zero-order valence-electron chi connectivity index (χ0n) is 17.1. The van der Waals surface area contributed by atoms with Gasteiger partial charge in [0.05, 0.1) is 28.1 Å². The third-order valence-electron chi connectivity index (χ3n) is 4.33. The second kappa shape index (κ2) is 11.6. The van der Waals surface area contributed by atoms with E-state index < -0.39 is 59.0 Å². The second-order valence-electron chi connectivity index (χ2n) is 6.99. The fourth-order valence-electron chi connectivity index (χ4n) is 2.71. The van der Waals surface area contributed by atoms with Crippen molar-refractivity contribution in [2.24, 2.45) is 0 Å². The number of nitrogens with one attached hydrogen (secondary N) is 2. The van der Waals surface area contributed by atoms with Crippen molar-refractivity contribution in [2.75, 3.05) is 13.1 Å². The Hall–Kier alpha value is -2.31. The van der Waals surface area contributed by atoms with Gasteiger partial charge in [0.1, 0.15) is 6.54 Å². The largest absolute Gasteiger partial charge is 0.405 e. The van der Waals surface area contributed by atoms with E-state index in [1.54, 1.807) is 5.32 Å². The average molecular weight is 610 g/mol. The molecule has 1 unspecified atom stereocenters. The van der Waals surface area contributed by atoms with Gasteiger partial charge in [-0.2, -0.15) is 26.3 Å². The summed E-state index contributed by atoms with van der Waals surface area (Å²) in [6.07, 6.45) is -7.45. The molecule has 0 aliphatic rings. The van der Waals surface area contributed by atoms with Crippen LogP contribution in [0.25, 0.3) is 6.08 Å². The first kappa shape index (κ1) is 28.9. The van der Waals surface area contributed by atoms with Crippen LogP contribution in [0.1, 0.15) is 27.4 Å². The molecule has 0 saturated carbocycles. The number of hydrogen-bond donors (Lipinski definition) is 2. The van der Waals surface area contributed by atoms with Crippen LogP contribution in [0.3, 0.4) is 0 Å². The first-order valence-electron chi connectivity index (χ1n) is 9.39. The number of amides is 2. The molecule has 2 N–H and O–H groups in total. The highest BCUT2D eigenvalue weighted by molar-refractivity contribution is 9.10. The van der Waals surface area contributed by atoms with Gasteiger partial charge in [0.2, 0.25) is 5.91 Å². The Bertz CT molecular complexity index is 1110. The van der Waals surface area contributed by atoms with Crippen molar-refractivity contribution < 1.29 is 40.3 Å². The molecule has 1 atom stereocenters. The number of carbonyl (C=O) groups excluding carboxylic acids is 2. The second-order valence-corrected chi connectivity index (χ2v) is 8.66. The Morgan fingerprint density at radius 3 is 2.11 bits per heavy atom. The number of alkyl halides is 6. The minimum Gasteiger partial charge on any atom is -0.345 e. The Kier molecular flexibility index (Phi) is 9.60. The quantitative estimate of drug-likeness (QED) is 0.272. The molecule has 0 heterocycles. The van der Waals surface area contributed by atoms with Crippen LogP contribution in [0, 0.1) is 5.82 Å². The Morgan fingerprint density at radius 1 is 1.00 bits per heavy atom. The maximum absolute atomic E-state index is 13.6. The lowest BCUT2D eigenvalue weighted by Gasteiger charge is -2.18. The summed E-state index contributed by atoms with van der Waals surface area (Å²) in [7, 11) is 0. The van der Waals surface area contributed by atoms with E-state index in [9.17, 15) is 40.3 Å². The van der Waals surface area contributed by atoms with Crippen LogP contribution in [-0.4, -0.2) is 37.3 Å². The van der Waals surface area contributed by atoms with Gasteiger partial charge in [0.25, 0.3) is 5.91 Å². The van der Waals surface area contributed by atoms with E-state index in [0.29, 0.717) is 0 Å². The summed E-state index contributed by atoms with van der Waals surface area (Å²) in [6, 6.07) is 5.49. The molecule has 2 amide bonds. The molecule has 0 saturated heterocycles. The van der Waals surface area contributed by atoms with Crippen molar-refractivity contribution in [3.05, 3.63) is 73.4 Å². The van der Waals surface area contributed by atoms with E-state index in [1.807, 2.05) is 0 Å². The van der Waals surface area contributed by atoms with Gasteiger partial charge in [-0.25, -0.2) is 4.39 Å². The highest BCUT2D eigenvalue weighted by atomic mass is 79.9. The van der Waals surface area contributed by atoms with Gasteiger partial charge in [-0.3, -0.25) is 9.59 Å². The molecule has 190 valence electrons. The molecule has 0 bridgehead atoms. The molecule has 0 fully saturated rings. The molecule has 0 aliphatic carbocycles. The lowest BCUT2D eigenvalue weighted by Crippen LogP contribution is -2.40. The van der Waals surface area contributed by atoms with Crippen LogP contribution in [0.5, 0.6) is 0 Å². The van der Waals surface area contributed by atoms with Crippen molar-refractivity contribution >= 4 is 57.0 Å². The van der Waals surface area contributed by atoms with Gasteiger partial charge < -0.3 is 10.6 Å². The standard InChI is InChI=1S/C21H14BrCl2F7N2O2/c22-14-5-10(1-3-12(14)19(35)32-8-17(34)33-9-20(26,27)28)2-4-13(21(29,30)31)11-6-15(23)18(25)16(24)7-11/h1-7,13H,8-9H2,(H,32,35)(H,33,34). The SMILES string of the molecule is O=C(CNC(=O)c1ccc(C=CC(c2cc(Cl)c(F)c(Cl)c2)C(F)(F)F)cc1Br)NCC(F)(F)F.